The second-order valence-electron chi connectivity index (χ2n) is 7.93. The van der Waals surface area contributed by atoms with Crippen LogP contribution in [0.15, 0.2) is 52.2 Å². The fourth-order valence-electron chi connectivity index (χ4n) is 3.61. The molecule has 0 aliphatic carbocycles. The Morgan fingerprint density at radius 3 is 2.57 bits per heavy atom. The molecule has 3 N–H and O–H groups in total. The molecule has 164 valence electrons. The largest absolute Gasteiger partial charge is 0.383 e. The second-order valence-corrected chi connectivity index (χ2v) is 8.71. The molecule has 7 heteroatoms. The first-order valence-electron chi connectivity index (χ1n) is 10.9. The lowest BCUT2D eigenvalue weighted by atomic mass is 10.00. The van der Waals surface area contributed by atoms with Crippen molar-refractivity contribution in [1.29, 1.82) is 0 Å². The smallest absolute Gasteiger partial charge is 0.191 e. The van der Waals surface area contributed by atoms with Gasteiger partial charge in [-0.25, -0.2) is 4.99 Å². The van der Waals surface area contributed by atoms with E-state index in [-0.39, 0.29) is 0 Å². The molecule has 1 aromatic carbocycles. The molecule has 1 unspecified atom stereocenters. The molecule has 2 heterocycles. The molecule has 0 bridgehead atoms. The van der Waals surface area contributed by atoms with E-state index in [2.05, 4.69) is 62.7 Å². The topological polar surface area (TPSA) is 63.1 Å². The van der Waals surface area contributed by atoms with Crippen LogP contribution in [0.3, 0.4) is 0 Å². The predicted molar refractivity (Wildman–Crippen MR) is 128 cm³/mol. The standard InChI is InChI=1S/C23H35N5OS/c1-3-24-22(26-19-23(2,29)20-10-17-30-18-20)25-11-7-12-27-13-15-28(16-14-27)21-8-5-4-6-9-21/h4-6,8-10,17-18,29H,3,7,11-16,19H2,1-2H3,(H2,24,25,26). The summed E-state index contributed by atoms with van der Waals surface area (Å²) in [6.45, 7) is 11.3. The first-order chi connectivity index (χ1) is 14.6. The summed E-state index contributed by atoms with van der Waals surface area (Å²) in [7, 11) is 0. The molecule has 0 radical (unpaired) electrons. The lowest BCUT2D eigenvalue weighted by molar-refractivity contribution is 0.0677. The zero-order valence-corrected chi connectivity index (χ0v) is 19.0. The van der Waals surface area contributed by atoms with Crippen LogP contribution >= 0.6 is 11.3 Å². The van der Waals surface area contributed by atoms with Gasteiger partial charge in [-0.05, 0) is 61.3 Å². The number of piperazine rings is 1. The van der Waals surface area contributed by atoms with Crippen molar-refractivity contribution in [2.24, 2.45) is 4.99 Å². The number of nitrogens with one attached hydrogen (secondary N) is 2. The van der Waals surface area contributed by atoms with Gasteiger partial charge in [0.25, 0.3) is 0 Å². The second kappa shape index (κ2) is 11.3. The van der Waals surface area contributed by atoms with Gasteiger partial charge < -0.3 is 20.6 Å². The van der Waals surface area contributed by atoms with Crippen molar-refractivity contribution in [2.45, 2.75) is 25.9 Å². The maximum Gasteiger partial charge on any atom is 0.191 e. The van der Waals surface area contributed by atoms with Crippen molar-refractivity contribution in [1.82, 2.24) is 15.5 Å². The molecular weight excluding hydrogens is 394 g/mol. The Bertz CT molecular complexity index is 755. The lowest BCUT2D eigenvalue weighted by Gasteiger charge is -2.36. The number of aliphatic hydroxyl groups is 1. The number of anilines is 1. The average Bonchev–Trinajstić information content (AvgIpc) is 3.32. The maximum absolute atomic E-state index is 10.7. The third-order valence-corrected chi connectivity index (χ3v) is 6.15. The summed E-state index contributed by atoms with van der Waals surface area (Å²) in [6, 6.07) is 12.6. The Labute approximate surface area is 184 Å². The number of hydrogen-bond donors (Lipinski definition) is 3. The molecular formula is C23H35N5OS. The van der Waals surface area contributed by atoms with Crippen molar-refractivity contribution < 1.29 is 5.11 Å². The fourth-order valence-corrected chi connectivity index (χ4v) is 4.40. The van der Waals surface area contributed by atoms with E-state index in [1.54, 1.807) is 11.3 Å². The first kappa shape index (κ1) is 22.6. The third-order valence-electron chi connectivity index (χ3n) is 5.47. The highest BCUT2D eigenvalue weighted by atomic mass is 32.1. The van der Waals surface area contributed by atoms with E-state index in [1.165, 1.54) is 5.69 Å². The van der Waals surface area contributed by atoms with Crippen LogP contribution in [0.4, 0.5) is 5.69 Å². The Kier molecular flexibility index (Phi) is 8.54. The van der Waals surface area contributed by atoms with Crippen molar-refractivity contribution in [2.75, 3.05) is 57.3 Å². The quantitative estimate of drug-likeness (QED) is 0.325. The molecule has 0 amide bonds. The van der Waals surface area contributed by atoms with Crippen LogP contribution in [-0.4, -0.2) is 68.3 Å². The molecule has 1 fully saturated rings. The van der Waals surface area contributed by atoms with Crippen LogP contribution in [0.25, 0.3) is 0 Å². The summed E-state index contributed by atoms with van der Waals surface area (Å²) in [4.78, 5) is 9.59. The van der Waals surface area contributed by atoms with Gasteiger partial charge in [0.1, 0.15) is 5.60 Å². The van der Waals surface area contributed by atoms with E-state index < -0.39 is 5.60 Å². The summed E-state index contributed by atoms with van der Waals surface area (Å²) in [5.74, 6) is 0.766. The molecule has 30 heavy (non-hydrogen) atoms. The normalized spacial score (nSPS) is 17.6. The first-order valence-corrected chi connectivity index (χ1v) is 11.8. The number of nitrogens with zero attached hydrogens (tertiary/aromatic N) is 3. The summed E-state index contributed by atoms with van der Waals surface area (Å²) >= 11 is 1.59. The fraction of sp³-hybridized carbons (Fsp3) is 0.522. The van der Waals surface area contributed by atoms with Gasteiger partial charge in [0.15, 0.2) is 5.96 Å². The molecule has 6 nitrogen and oxygen atoms in total. The Morgan fingerprint density at radius 2 is 1.90 bits per heavy atom. The molecule has 1 atom stereocenters. The Balaban J connectivity index is 1.38. The highest BCUT2D eigenvalue weighted by molar-refractivity contribution is 7.08. The van der Waals surface area contributed by atoms with Crippen LogP contribution in [0.5, 0.6) is 0 Å². The van der Waals surface area contributed by atoms with Crippen LogP contribution in [0.2, 0.25) is 0 Å². The minimum Gasteiger partial charge on any atom is -0.383 e. The zero-order chi connectivity index (χ0) is 21.2. The van der Waals surface area contributed by atoms with Gasteiger partial charge in [-0.3, -0.25) is 4.90 Å². The number of hydrogen-bond acceptors (Lipinski definition) is 5. The maximum atomic E-state index is 10.7. The minimum absolute atomic E-state index is 0.334. The number of benzene rings is 1. The van der Waals surface area contributed by atoms with E-state index in [4.69, 9.17) is 0 Å². The SMILES string of the molecule is CCNC(=NCC(C)(O)c1ccsc1)NCCCN1CCN(c2ccccc2)CC1. The molecule has 1 aliphatic rings. The van der Waals surface area contributed by atoms with Gasteiger partial charge in [0.2, 0.25) is 0 Å². The van der Waals surface area contributed by atoms with Crippen LogP contribution in [0.1, 0.15) is 25.8 Å². The summed E-state index contributed by atoms with van der Waals surface area (Å²) in [5.41, 5.74) is 1.30. The number of thiophene rings is 1. The van der Waals surface area contributed by atoms with Gasteiger partial charge in [0, 0.05) is 45.0 Å². The van der Waals surface area contributed by atoms with E-state index in [0.717, 1.165) is 63.8 Å². The number of aliphatic imine (C=N–C) groups is 1. The monoisotopic (exact) mass is 429 g/mol. The van der Waals surface area contributed by atoms with Crippen molar-refractivity contribution in [3.63, 3.8) is 0 Å². The van der Waals surface area contributed by atoms with Crippen LogP contribution in [0, 0.1) is 0 Å². The summed E-state index contributed by atoms with van der Waals surface area (Å²) in [5, 5.41) is 21.3. The molecule has 1 aromatic heterocycles. The van der Waals surface area contributed by atoms with Gasteiger partial charge >= 0.3 is 0 Å². The highest BCUT2D eigenvalue weighted by Crippen LogP contribution is 2.23. The van der Waals surface area contributed by atoms with Gasteiger partial charge in [0.05, 0.1) is 6.54 Å². The Hall–Kier alpha value is -2.09. The van der Waals surface area contributed by atoms with Crippen molar-refractivity contribution in [3.05, 3.63) is 52.7 Å². The van der Waals surface area contributed by atoms with Crippen LogP contribution in [-0.2, 0) is 5.60 Å². The highest BCUT2D eigenvalue weighted by Gasteiger charge is 2.23. The third kappa shape index (κ3) is 6.72. The Morgan fingerprint density at radius 1 is 1.13 bits per heavy atom. The van der Waals surface area contributed by atoms with Crippen molar-refractivity contribution in [3.8, 4) is 0 Å². The molecule has 0 saturated carbocycles. The number of para-hydroxylation sites is 1. The number of rotatable bonds is 9. The average molecular weight is 430 g/mol. The van der Waals surface area contributed by atoms with E-state index in [1.807, 2.05) is 23.8 Å². The predicted octanol–water partition coefficient (Wildman–Crippen LogP) is 2.72. The van der Waals surface area contributed by atoms with E-state index >= 15 is 0 Å². The van der Waals surface area contributed by atoms with Gasteiger partial charge in [-0.15, -0.1) is 0 Å². The van der Waals surface area contributed by atoms with E-state index in [0.29, 0.717) is 6.54 Å². The molecule has 1 aliphatic heterocycles. The molecule has 3 rings (SSSR count). The molecule has 2 aromatic rings. The van der Waals surface area contributed by atoms with Crippen molar-refractivity contribution >= 4 is 23.0 Å². The minimum atomic E-state index is -0.944. The van der Waals surface area contributed by atoms with Gasteiger partial charge in [-0.2, -0.15) is 11.3 Å². The van der Waals surface area contributed by atoms with Crippen LogP contribution < -0.4 is 15.5 Å². The summed E-state index contributed by atoms with van der Waals surface area (Å²) < 4.78 is 0. The molecule has 0 spiro atoms. The number of guanidine groups is 1. The zero-order valence-electron chi connectivity index (χ0n) is 18.2. The lowest BCUT2D eigenvalue weighted by Crippen LogP contribution is -2.47. The van der Waals surface area contributed by atoms with E-state index in [9.17, 15) is 5.11 Å². The summed E-state index contributed by atoms with van der Waals surface area (Å²) in [6.07, 6.45) is 1.07. The molecule has 1 saturated heterocycles. The van der Waals surface area contributed by atoms with Gasteiger partial charge in [-0.1, -0.05) is 18.2 Å².